The van der Waals surface area contributed by atoms with E-state index in [1.165, 1.54) is 69.8 Å². The summed E-state index contributed by atoms with van der Waals surface area (Å²) in [4.78, 5) is 8.12. The number of H-pyrrole nitrogens is 1. The molecule has 1 fully saturated rings. The molecule has 0 amide bonds. The maximum absolute atomic E-state index is 4.67. The average molecular weight is 393 g/mol. The molecule has 2 heterocycles. The Labute approximate surface area is 170 Å². The molecule has 0 radical (unpaired) electrons. The highest BCUT2D eigenvalue weighted by Gasteiger charge is 2.14. The number of aromatic nitrogens is 2. The number of aromatic amines is 1. The number of benzene rings is 1. The van der Waals surface area contributed by atoms with Crippen LogP contribution in [0.25, 0.3) is 11.0 Å². The van der Waals surface area contributed by atoms with Gasteiger partial charge in [-0.05, 0) is 56.0 Å². The molecule has 1 aromatic carbocycles. The Kier molecular flexibility index (Phi) is 10.00. The first-order chi connectivity index (χ1) is 12.8. The largest absolute Gasteiger partial charge is 0.355 e. The minimum absolute atomic E-state index is 0. The van der Waals surface area contributed by atoms with Crippen LogP contribution in [0.1, 0.15) is 70.3 Å². The van der Waals surface area contributed by atoms with Crippen LogP contribution in [0.3, 0.4) is 0 Å². The number of unbranched alkanes of at least 4 members (excludes halogenated alkanes) is 7. The van der Waals surface area contributed by atoms with Crippen LogP contribution < -0.4 is 10.6 Å². The third-order valence-corrected chi connectivity index (χ3v) is 5.59. The quantitative estimate of drug-likeness (QED) is 0.406. The van der Waals surface area contributed by atoms with Gasteiger partial charge in [-0.2, -0.15) is 0 Å². The summed E-state index contributed by atoms with van der Waals surface area (Å²) in [6, 6.07) is 6.69. The van der Waals surface area contributed by atoms with E-state index in [9.17, 15) is 0 Å². The zero-order valence-electron chi connectivity index (χ0n) is 16.9. The van der Waals surface area contributed by atoms with E-state index in [2.05, 4.69) is 45.7 Å². The lowest BCUT2D eigenvalue weighted by Crippen LogP contribution is -2.17. The van der Waals surface area contributed by atoms with Crippen molar-refractivity contribution < 1.29 is 0 Å². The van der Waals surface area contributed by atoms with E-state index in [-0.39, 0.29) is 12.4 Å². The maximum Gasteiger partial charge on any atom is 0.201 e. The fourth-order valence-electron chi connectivity index (χ4n) is 3.89. The van der Waals surface area contributed by atoms with Gasteiger partial charge >= 0.3 is 0 Å². The van der Waals surface area contributed by atoms with Crippen LogP contribution in [0.2, 0.25) is 0 Å². The van der Waals surface area contributed by atoms with Crippen LogP contribution in [0.15, 0.2) is 18.2 Å². The van der Waals surface area contributed by atoms with E-state index >= 15 is 0 Å². The summed E-state index contributed by atoms with van der Waals surface area (Å²) in [6.45, 7) is 5.55. The van der Waals surface area contributed by atoms with E-state index in [0.717, 1.165) is 42.5 Å². The van der Waals surface area contributed by atoms with Gasteiger partial charge in [0.25, 0.3) is 0 Å². The Hall–Kier alpha value is -1.26. The second-order valence-electron chi connectivity index (χ2n) is 7.90. The SMILES string of the molecule is CCCCCCCCCCc1ccc2nc(NC[C@H]3CCNC3)[nH]c2c1.Cl. The van der Waals surface area contributed by atoms with Crippen LogP contribution in [-0.2, 0) is 6.42 Å². The van der Waals surface area contributed by atoms with Gasteiger partial charge in [0.1, 0.15) is 0 Å². The first kappa shape index (κ1) is 22.0. The summed E-state index contributed by atoms with van der Waals surface area (Å²) < 4.78 is 0. The van der Waals surface area contributed by atoms with Crippen molar-refractivity contribution in [1.82, 2.24) is 15.3 Å². The number of rotatable bonds is 12. The molecule has 0 saturated carbocycles. The molecule has 1 aliphatic rings. The van der Waals surface area contributed by atoms with Crippen molar-refractivity contribution in [1.29, 1.82) is 0 Å². The number of imidazole rings is 1. The molecule has 2 aromatic rings. The van der Waals surface area contributed by atoms with Crippen LogP contribution in [0, 0.1) is 5.92 Å². The summed E-state index contributed by atoms with van der Waals surface area (Å²) in [7, 11) is 0. The molecular formula is C22H37ClN4. The predicted octanol–water partition coefficient (Wildman–Crippen LogP) is 5.69. The molecule has 0 aliphatic carbocycles. The Bertz CT molecular complexity index is 649. The van der Waals surface area contributed by atoms with Crippen molar-refractivity contribution in [2.75, 3.05) is 25.0 Å². The summed E-state index contributed by atoms with van der Waals surface area (Å²) in [6.07, 6.45) is 13.5. The van der Waals surface area contributed by atoms with E-state index in [4.69, 9.17) is 0 Å². The molecule has 3 rings (SSSR count). The highest BCUT2D eigenvalue weighted by Crippen LogP contribution is 2.19. The maximum atomic E-state index is 4.67. The molecule has 1 aliphatic heterocycles. The Morgan fingerprint density at radius 3 is 2.59 bits per heavy atom. The summed E-state index contributed by atoms with van der Waals surface area (Å²) in [5, 5.41) is 6.88. The highest BCUT2D eigenvalue weighted by atomic mass is 35.5. The molecule has 1 atom stereocenters. The lowest BCUT2D eigenvalue weighted by Gasteiger charge is -2.08. The van der Waals surface area contributed by atoms with Gasteiger partial charge in [-0.25, -0.2) is 4.98 Å². The van der Waals surface area contributed by atoms with Crippen molar-refractivity contribution in [3.8, 4) is 0 Å². The zero-order valence-corrected chi connectivity index (χ0v) is 17.7. The van der Waals surface area contributed by atoms with Gasteiger partial charge in [-0.1, -0.05) is 57.9 Å². The van der Waals surface area contributed by atoms with Gasteiger partial charge in [-0.3, -0.25) is 0 Å². The lowest BCUT2D eigenvalue weighted by atomic mass is 10.0. The van der Waals surface area contributed by atoms with Crippen molar-refractivity contribution in [2.45, 2.75) is 71.1 Å². The lowest BCUT2D eigenvalue weighted by molar-refractivity contribution is 0.575. The molecule has 1 saturated heterocycles. The summed E-state index contributed by atoms with van der Waals surface area (Å²) in [5.41, 5.74) is 3.66. The zero-order chi connectivity index (χ0) is 18.0. The van der Waals surface area contributed by atoms with Crippen molar-refractivity contribution >= 4 is 29.4 Å². The average Bonchev–Trinajstić information content (AvgIpc) is 3.30. The molecule has 152 valence electrons. The third-order valence-electron chi connectivity index (χ3n) is 5.59. The van der Waals surface area contributed by atoms with Gasteiger partial charge in [0, 0.05) is 6.54 Å². The Morgan fingerprint density at radius 1 is 1.07 bits per heavy atom. The molecule has 5 heteroatoms. The third kappa shape index (κ3) is 7.34. The van der Waals surface area contributed by atoms with E-state index in [0.29, 0.717) is 0 Å². The minimum atomic E-state index is 0. The fourth-order valence-corrected chi connectivity index (χ4v) is 3.89. The van der Waals surface area contributed by atoms with Crippen molar-refractivity contribution in [2.24, 2.45) is 5.92 Å². The second kappa shape index (κ2) is 12.2. The van der Waals surface area contributed by atoms with E-state index in [1.807, 2.05) is 0 Å². The number of halogens is 1. The topological polar surface area (TPSA) is 52.7 Å². The van der Waals surface area contributed by atoms with E-state index in [1.54, 1.807) is 0 Å². The van der Waals surface area contributed by atoms with Crippen LogP contribution in [0.4, 0.5) is 5.95 Å². The molecular weight excluding hydrogens is 356 g/mol. The van der Waals surface area contributed by atoms with Gasteiger partial charge in [0.15, 0.2) is 0 Å². The van der Waals surface area contributed by atoms with Crippen molar-refractivity contribution in [3.63, 3.8) is 0 Å². The molecule has 1 aromatic heterocycles. The number of aryl methyl sites for hydroxylation is 1. The normalized spacial score (nSPS) is 16.6. The number of hydrogen-bond acceptors (Lipinski definition) is 3. The number of nitrogens with one attached hydrogen (secondary N) is 3. The molecule has 4 nitrogen and oxygen atoms in total. The van der Waals surface area contributed by atoms with Crippen molar-refractivity contribution in [3.05, 3.63) is 23.8 Å². The smallest absolute Gasteiger partial charge is 0.201 e. The molecule has 0 bridgehead atoms. The number of anilines is 1. The second-order valence-corrected chi connectivity index (χ2v) is 7.90. The van der Waals surface area contributed by atoms with Crippen LogP contribution in [0.5, 0.6) is 0 Å². The number of nitrogens with zero attached hydrogens (tertiary/aromatic N) is 1. The summed E-state index contributed by atoms with van der Waals surface area (Å²) >= 11 is 0. The van der Waals surface area contributed by atoms with E-state index < -0.39 is 0 Å². The van der Waals surface area contributed by atoms with Crippen LogP contribution in [-0.4, -0.2) is 29.6 Å². The Balaban J connectivity index is 0.00000261. The van der Waals surface area contributed by atoms with Gasteiger partial charge in [0.2, 0.25) is 5.95 Å². The highest BCUT2D eigenvalue weighted by molar-refractivity contribution is 5.85. The molecule has 27 heavy (non-hydrogen) atoms. The molecule has 0 unspecified atom stereocenters. The summed E-state index contributed by atoms with van der Waals surface area (Å²) in [5.74, 6) is 1.64. The van der Waals surface area contributed by atoms with Crippen LogP contribution >= 0.6 is 12.4 Å². The predicted molar refractivity (Wildman–Crippen MR) is 119 cm³/mol. The van der Waals surface area contributed by atoms with Gasteiger partial charge in [-0.15, -0.1) is 12.4 Å². The first-order valence-corrected chi connectivity index (χ1v) is 10.8. The fraction of sp³-hybridized carbons (Fsp3) is 0.682. The molecule has 3 N–H and O–H groups in total. The monoisotopic (exact) mass is 392 g/mol. The number of hydrogen-bond donors (Lipinski definition) is 3. The molecule has 0 spiro atoms. The van der Waals surface area contributed by atoms with Gasteiger partial charge < -0.3 is 15.6 Å². The van der Waals surface area contributed by atoms with Gasteiger partial charge in [0.05, 0.1) is 11.0 Å². The standard InChI is InChI=1S/C22H36N4.ClH/c1-2-3-4-5-6-7-8-9-10-18-11-12-20-21(15-18)26-22(25-20)24-17-19-13-14-23-16-19;/h11-12,15,19,23H,2-10,13-14,16-17H2,1H3,(H2,24,25,26);1H/t19-;/m0./s1. The first-order valence-electron chi connectivity index (χ1n) is 10.8. The minimum Gasteiger partial charge on any atom is -0.355 e. The Morgan fingerprint density at radius 2 is 1.85 bits per heavy atom. The number of fused-ring (bicyclic) bond motifs is 1.